The molecule has 0 saturated carbocycles. The number of rotatable bonds is 9. The van der Waals surface area contributed by atoms with E-state index in [1.807, 2.05) is 12.3 Å². The minimum absolute atomic E-state index is 0.0553. The van der Waals surface area contributed by atoms with E-state index in [2.05, 4.69) is 10.00 Å². The van der Waals surface area contributed by atoms with E-state index < -0.39 is 10.0 Å². The number of morpholine rings is 1. The molecule has 3 rings (SSSR count). The van der Waals surface area contributed by atoms with Crippen molar-refractivity contribution in [2.45, 2.75) is 31.8 Å². The first-order valence-electron chi connectivity index (χ1n) is 9.95. The smallest absolute Gasteiger partial charge is 0.224 e. The molecule has 0 aromatic carbocycles. The van der Waals surface area contributed by atoms with Gasteiger partial charge in [0.15, 0.2) is 0 Å². The molecule has 0 aliphatic carbocycles. The molecule has 0 N–H and O–H groups in total. The van der Waals surface area contributed by atoms with Crippen molar-refractivity contribution < 1.29 is 17.9 Å². The van der Waals surface area contributed by atoms with Gasteiger partial charge in [-0.05, 0) is 25.5 Å². The van der Waals surface area contributed by atoms with Crippen molar-refractivity contribution in [3.63, 3.8) is 0 Å². The second-order valence-corrected chi connectivity index (χ2v) is 9.42. The number of carbonyl (C=O) groups excluding carboxylic acids is 1. The minimum atomic E-state index is -3.31. The van der Waals surface area contributed by atoms with Crippen LogP contribution in [0.3, 0.4) is 0 Å². The molecule has 1 unspecified atom stereocenters. The Hall–Kier alpha value is -1.49. The summed E-state index contributed by atoms with van der Waals surface area (Å²) < 4.78 is 33.3. The number of hydrogen-bond donors (Lipinski definition) is 0. The molecule has 0 spiro atoms. The molecule has 1 aromatic rings. The number of aryl methyl sites for hydroxylation is 1. The Balaban J connectivity index is 1.48. The fourth-order valence-corrected chi connectivity index (χ4v) is 5.07. The molecule has 2 aliphatic rings. The van der Waals surface area contributed by atoms with Crippen LogP contribution in [0.25, 0.3) is 0 Å². The van der Waals surface area contributed by atoms with Gasteiger partial charge in [-0.2, -0.15) is 9.40 Å². The largest absolute Gasteiger partial charge is 0.379 e. The number of sulfonamides is 1. The number of hydrogen-bond acceptors (Lipinski definition) is 6. The quantitative estimate of drug-likeness (QED) is 0.560. The number of aromatic nitrogens is 2. The average Bonchev–Trinajstić information content (AvgIpc) is 3.35. The summed E-state index contributed by atoms with van der Waals surface area (Å²) in [6, 6.07) is 1.70. The number of ether oxygens (including phenoxy) is 1. The fourth-order valence-electron chi connectivity index (χ4n) is 3.90. The summed E-state index contributed by atoms with van der Waals surface area (Å²) in [6.45, 7) is 6.29. The highest BCUT2D eigenvalue weighted by molar-refractivity contribution is 7.88. The van der Waals surface area contributed by atoms with Crippen LogP contribution in [0.2, 0.25) is 0 Å². The van der Waals surface area contributed by atoms with Crippen LogP contribution in [0.4, 0.5) is 0 Å². The second-order valence-electron chi connectivity index (χ2n) is 7.48. The Morgan fingerprint density at radius 1 is 1.25 bits per heavy atom. The van der Waals surface area contributed by atoms with E-state index in [9.17, 15) is 13.2 Å². The van der Waals surface area contributed by atoms with E-state index >= 15 is 0 Å². The predicted molar refractivity (Wildman–Crippen MR) is 105 cm³/mol. The lowest BCUT2D eigenvalue weighted by molar-refractivity contribution is -0.130. The molecule has 10 heteroatoms. The van der Waals surface area contributed by atoms with E-state index in [0.717, 1.165) is 39.3 Å². The van der Waals surface area contributed by atoms with Crippen molar-refractivity contribution in [1.29, 1.82) is 0 Å². The van der Waals surface area contributed by atoms with Crippen molar-refractivity contribution in [1.82, 2.24) is 23.9 Å². The molecular weight excluding hydrogens is 382 g/mol. The Kier molecular flexibility index (Phi) is 7.44. The summed E-state index contributed by atoms with van der Waals surface area (Å²) in [6.07, 6.45) is 6.65. The maximum atomic E-state index is 12.5. The molecule has 158 valence electrons. The van der Waals surface area contributed by atoms with Crippen LogP contribution in [0, 0.1) is 0 Å². The maximum Gasteiger partial charge on any atom is 0.224 e. The SMILES string of the molecule is CS(=O)(=O)N(CCCN1CCOCC1)C1CCN(C(=O)CCn2cccn2)C1. The topological polar surface area (TPSA) is 88.0 Å². The van der Waals surface area contributed by atoms with Gasteiger partial charge in [0.1, 0.15) is 0 Å². The molecule has 1 atom stereocenters. The molecule has 2 aliphatic heterocycles. The molecular formula is C18H31N5O4S. The molecule has 2 fully saturated rings. The number of nitrogens with zero attached hydrogens (tertiary/aromatic N) is 5. The van der Waals surface area contributed by atoms with Gasteiger partial charge in [-0.3, -0.25) is 14.4 Å². The van der Waals surface area contributed by atoms with Crippen LogP contribution < -0.4 is 0 Å². The zero-order valence-electron chi connectivity index (χ0n) is 16.6. The highest BCUT2D eigenvalue weighted by atomic mass is 32.2. The number of amides is 1. The average molecular weight is 414 g/mol. The van der Waals surface area contributed by atoms with Gasteiger partial charge in [0.05, 0.1) is 19.5 Å². The minimum Gasteiger partial charge on any atom is -0.379 e. The van der Waals surface area contributed by atoms with Gasteiger partial charge in [0.2, 0.25) is 15.9 Å². The molecule has 0 radical (unpaired) electrons. The molecule has 1 amide bonds. The standard InChI is InChI=1S/C18H31N5O4S/c1-28(25,26)23(9-3-7-20-12-14-27-15-13-20)17-4-10-21(16-17)18(24)5-11-22-8-2-6-19-22/h2,6,8,17H,3-5,7,9-16H2,1H3. The molecule has 9 nitrogen and oxygen atoms in total. The summed E-state index contributed by atoms with van der Waals surface area (Å²) in [4.78, 5) is 16.6. The first kappa shape index (κ1) is 21.2. The lowest BCUT2D eigenvalue weighted by Crippen LogP contribution is -2.44. The van der Waals surface area contributed by atoms with E-state index in [-0.39, 0.29) is 11.9 Å². The molecule has 2 saturated heterocycles. The fraction of sp³-hybridized carbons (Fsp3) is 0.778. The first-order chi connectivity index (χ1) is 13.4. The highest BCUT2D eigenvalue weighted by Crippen LogP contribution is 2.20. The third kappa shape index (κ3) is 6.00. The van der Waals surface area contributed by atoms with Crippen LogP contribution in [0.1, 0.15) is 19.3 Å². The number of carbonyl (C=O) groups is 1. The van der Waals surface area contributed by atoms with Crippen LogP contribution in [-0.2, 0) is 26.1 Å². The maximum absolute atomic E-state index is 12.5. The molecule has 1 aromatic heterocycles. The molecule has 0 bridgehead atoms. The summed E-state index contributed by atoms with van der Waals surface area (Å²) in [5, 5.41) is 4.11. The van der Waals surface area contributed by atoms with E-state index in [1.165, 1.54) is 6.26 Å². The van der Waals surface area contributed by atoms with Crippen molar-refractivity contribution in [2.24, 2.45) is 0 Å². The van der Waals surface area contributed by atoms with Gasteiger partial charge in [-0.25, -0.2) is 8.42 Å². The van der Waals surface area contributed by atoms with Crippen LogP contribution in [0.15, 0.2) is 18.5 Å². The lowest BCUT2D eigenvalue weighted by Gasteiger charge is -2.30. The van der Waals surface area contributed by atoms with Crippen LogP contribution >= 0.6 is 0 Å². The van der Waals surface area contributed by atoms with Crippen molar-refractivity contribution in [3.8, 4) is 0 Å². The predicted octanol–water partition coefficient (Wildman–Crippen LogP) is -0.142. The van der Waals surface area contributed by atoms with Crippen LogP contribution in [0.5, 0.6) is 0 Å². The van der Waals surface area contributed by atoms with E-state index in [4.69, 9.17) is 4.74 Å². The monoisotopic (exact) mass is 413 g/mol. The van der Waals surface area contributed by atoms with E-state index in [1.54, 1.807) is 20.1 Å². The zero-order chi connectivity index (χ0) is 20.0. The van der Waals surface area contributed by atoms with Gasteiger partial charge in [-0.15, -0.1) is 0 Å². The Bertz CT molecular complexity index is 718. The molecule has 28 heavy (non-hydrogen) atoms. The third-order valence-electron chi connectivity index (χ3n) is 5.42. The van der Waals surface area contributed by atoms with Gasteiger partial charge in [0.25, 0.3) is 0 Å². The third-order valence-corrected chi connectivity index (χ3v) is 6.75. The van der Waals surface area contributed by atoms with Gasteiger partial charge >= 0.3 is 0 Å². The highest BCUT2D eigenvalue weighted by Gasteiger charge is 2.34. The normalized spacial score (nSPS) is 21.5. The second kappa shape index (κ2) is 9.82. The van der Waals surface area contributed by atoms with Crippen molar-refractivity contribution in [3.05, 3.63) is 18.5 Å². The Morgan fingerprint density at radius 3 is 2.71 bits per heavy atom. The van der Waals surface area contributed by atoms with E-state index in [0.29, 0.717) is 39.0 Å². The van der Waals surface area contributed by atoms with Crippen LogP contribution in [-0.4, -0.2) is 103 Å². The van der Waals surface area contributed by atoms with Crippen molar-refractivity contribution >= 4 is 15.9 Å². The number of likely N-dealkylation sites (tertiary alicyclic amines) is 1. The molecule has 3 heterocycles. The van der Waals surface area contributed by atoms with Gasteiger partial charge in [-0.1, -0.05) is 0 Å². The Morgan fingerprint density at radius 2 is 2.04 bits per heavy atom. The summed E-state index contributed by atoms with van der Waals surface area (Å²) >= 11 is 0. The summed E-state index contributed by atoms with van der Waals surface area (Å²) in [5.41, 5.74) is 0. The lowest BCUT2D eigenvalue weighted by atomic mass is 10.2. The van der Waals surface area contributed by atoms with Crippen molar-refractivity contribution in [2.75, 3.05) is 58.7 Å². The summed E-state index contributed by atoms with van der Waals surface area (Å²) in [7, 11) is -3.31. The Labute approximate surface area is 167 Å². The zero-order valence-corrected chi connectivity index (χ0v) is 17.4. The first-order valence-corrected chi connectivity index (χ1v) is 11.8. The van der Waals surface area contributed by atoms with Gasteiger partial charge in [0, 0.05) is 64.1 Å². The van der Waals surface area contributed by atoms with Gasteiger partial charge < -0.3 is 9.64 Å². The summed E-state index contributed by atoms with van der Waals surface area (Å²) in [5.74, 6) is 0.0553.